The Balaban J connectivity index is 1.59. The lowest BCUT2D eigenvalue weighted by Crippen LogP contribution is -2.36. The largest absolute Gasteiger partial charge is 0.507 e. The van der Waals surface area contributed by atoms with Crippen LogP contribution in [0.1, 0.15) is 68.8 Å². The average Bonchev–Trinajstić information content (AvgIpc) is 3.52. The number of aliphatic hydroxyl groups excluding tert-OH is 1. The number of fused-ring (bicyclic) bond motifs is 1. The van der Waals surface area contributed by atoms with Gasteiger partial charge in [-0.15, -0.1) is 0 Å². The molecule has 0 bridgehead atoms. The van der Waals surface area contributed by atoms with E-state index in [1.807, 2.05) is 43.3 Å². The van der Waals surface area contributed by atoms with Gasteiger partial charge in [-0.3, -0.25) is 9.59 Å². The molecule has 1 N–H and O–H groups in total. The first-order valence-corrected chi connectivity index (χ1v) is 12.4. The number of aliphatic hydroxyl groups is 1. The van der Waals surface area contributed by atoms with E-state index in [1.54, 1.807) is 11.0 Å². The van der Waals surface area contributed by atoms with Crippen molar-refractivity contribution >= 4 is 17.4 Å². The number of likely N-dealkylation sites (tertiary alicyclic amines) is 1. The van der Waals surface area contributed by atoms with Crippen LogP contribution in [-0.2, 0) is 26.2 Å². The van der Waals surface area contributed by atoms with Gasteiger partial charge in [0, 0.05) is 25.1 Å². The maximum Gasteiger partial charge on any atom is 0.295 e. The summed E-state index contributed by atoms with van der Waals surface area (Å²) in [6, 6.07) is 12.8. The second kappa shape index (κ2) is 8.83. The third-order valence-electron chi connectivity index (χ3n) is 7.23. The van der Waals surface area contributed by atoms with E-state index in [4.69, 9.17) is 9.47 Å². The summed E-state index contributed by atoms with van der Waals surface area (Å²) in [5.41, 5.74) is 3.57. The summed E-state index contributed by atoms with van der Waals surface area (Å²) in [5, 5.41) is 11.4. The third kappa shape index (κ3) is 4.36. The molecular formula is C29H33NO5. The van der Waals surface area contributed by atoms with Crippen molar-refractivity contribution in [1.29, 1.82) is 0 Å². The molecule has 2 saturated heterocycles. The van der Waals surface area contributed by atoms with Crippen molar-refractivity contribution < 1.29 is 24.2 Å². The number of ether oxygens (including phenoxy) is 2. The molecule has 0 radical (unpaired) electrons. The minimum Gasteiger partial charge on any atom is -0.507 e. The molecule has 0 unspecified atom stereocenters. The molecule has 6 heteroatoms. The second-order valence-corrected chi connectivity index (χ2v) is 10.9. The highest BCUT2D eigenvalue weighted by molar-refractivity contribution is 6.46. The lowest BCUT2D eigenvalue weighted by atomic mass is 9.85. The Labute approximate surface area is 206 Å². The van der Waals surface area contributed by atoms with Gasteiger partial charge in [0.2, 0.25) is 0 Å². The molecule has 0 spiro atoms. The molecule has 3 aliphatic rings. The molecular weight excluding hydrogens is 442 g/mol. The number of hydrogen-bond donors (Lipinski definition) is 1. The molecule has 184 valence electrons. The molecule has 2 aromatic carbocycles. The monoisotopic (exact) mass is 475 g/mol. The zero-order chi connectivity index (χ0) is 24.9. The number of ketones is 1. The van der Waals surface area contributed by atoms with Crippen molar-refractivity contribution in [1.82, 2.24) is 4.90 Å². The van der Waals surface area contributed by atoms with Gasteiger partial charge < -0.3 is 19.5 Å². The number of hydrogen-bond acceptors (Lipinski definition) is 5. The van der Waals surface area contributed by atoms with Gasteiger partial charge in [0.15, 0.2) is 0 Å². The summed E-state index contributed by atoms with van der Waals surface area (Å²) in [7, 11) is 0. The number of Topliss-reactive ketones (excluding diaryl/α,β-unsaturated/α-hetero) is 1. The number of rotatable bonds is 4. The lowest BCUT2D eigenvalue weighted by molar-refractivity contribution is -0.140. The van der Waals surface area contributed by atoms with Crippen LogP contribution in [-0.4, -0.2) is 47.1 Å². The van der Waals surface area contributed by atoms with Crippen molar-refractivity contribution in [3.05, 3.63) is 70.3 Å². The van der Waals surface area contributed by atoms with Gasteiger partial charge in [-0.05, 0) is 60.1 Å². The van der Waals surface area contributed by atoms with Crippen molar-refractivity contribution in [2.75, 3.05) is 13.2 Å². The van der Waals surface area contributed by atoms with Crippen LogP contribution in [0.5, 0.6) is 5.75 Å². The van der Waals surface area contributed by atoms with Crippen LogP contribution in [0, 0.1) is 0 Å². The molecule has 0 aliphatic carbocycles. The lowest BCUT2D eigenvalue weighted by Gasteiger charge is -2.28. The minimum absolute atomic E-state index is 0.0261. The summed E-state index contributed by atoms with van der Waals surface area (Å²) in [5.74, 6) is -0.604. The first-order valence-electron chi connectivity index (χ1n) is 12.4. The summed E-state index contributed by atoms with van der Waals surface area (Å²) in [6.07, 6.45) is 2.49. The summed E-state index contributed by atoms with van der Waals surface area (Å²) in [4.78, 5) is 28.1. The maximum absolute atomic E-state index is 13.3. The molecule has 0 saturated carbocycles. The second-order valence-electron chi connectivity index (χ2n) is 10.9. The van der Waals surface area contributed by atoms with Crippen molar-refractivity contribution in [2.45, 2.75) is 70.6 Å². The maximum atomic E-state index is 13.3. The van der Waals surface area contributed by atoms with E-state index in [0.717, 1.165) is 41.7 Å². The normalized spacial score (nSPS) is 25.7. The van der Waals surface area contributed by atoms with Crippen molar-refractivity contribution in [2.24, 2.45) is 0 Å². The van der Waals surface area contributed by atoms with Gasteiger partial charge in [0.05, 0.1) is 17.7 Å². The van der Waals surface area contributed by atoms with E-state index in [0.29, 0.717) is 18.7 Å². The first-order chi connectivity index (χ1) is 16.6. The quantitative estimate of drug-likeness (QED) is 0.386. The van der Waals surface area contributed by atoms with Gasteiger partial charge >= 0.3 is 0 Å². The van der Waals surface area contributed by atoms with E-state index < -0.39 is 17.7 Å². The highest BCUT2D eigenvalue weighted by Crippen LogP contribution is 2.41. The molecule has 0 aromatic heterocycles. The summed E-state index contributed by atoms with van der Waals surface area (Å²) < 4.78 is 11.6. The minimum atomic E-state index is -0.670. The summed E-state index contributed by atoms with van der Waals surface area (Å²) >= 11 is 0. The molecule has 2 aromatic rings. The Morgan fingerprint density at radius 3 is 2.51 bits per heavy atom. The molecule has 2 fully saturated rings. The highest BCUT2D eigenvalue weighted by atomic mass is 16.5. The number of carbonyl (C=O) groups excluding carboxylic acids is 2. The Bertz CT molecular complexity index is 1180. The van der Waals surface area contributed by atoms with Crippen LogP contribution < -0.4 is 4.74 Å². The van der Waals surface area contributed by atoms with Crippen LogP contribution in [0.3, 0.4) is 0 Å². The van der Waals surface area contributed by atoms with Gasteiger partial charge in [0.25, 0.3) is 11.7 Å². The first kappa shape index (κ1) is 23.6. The molecule has 1 amide bonds. The molecule has 6 nitrogen and oxygen atoms in total. The van der Waals surface area contributed by atoms with Crippen molar-refractivity contribution in [3.8, 4) is 5.75 Å². The van der Waals surface area contributed by atoms with E-state index in [9.17, 15) is 14.7 Å². The van der Waals surface area contributed by atoms with E-state index in [1.165, 1.54) is 0 Å². The molecule has 3 aliphatic heterocycles. The predicted octanol–water partition coefficient (Wildman–Crippen LogP) is 4.91. The Hall–Kier alpha value is -3.12. The van der Waals surface area contributed by atoms with Crippen LogP contribution in [0.2, 0.25) is 0 Å². The Kier molecular flexibility index (Phi) is 5.96. The fraction of sp³-hybridized carbons (Fsp3) is 0.448. The van der Waals surface area contributed by atoms with Gasteiger partial charge in [0.1, 0.15) is 17.6 Å². The predicted molar refractivity (Wildman–Crippen MR) is 133 cm³/mol. The zero-order valence-corrected chi connectivity index (χ0v) is 20.8. The Morgan fingerprint density at radius 2 is 1.86 bits per heavy atom. The zero-order valence-electron chi connectivity index (χ0n) is 20.8. The Morgan fingerprint density at radius 1 is 1.11 bits per heavy atom. The smallest absolute Gasteiger partial charge is 0.295 e. The standard InChI is InChI=1S/C29H33NO5/c1-17-14-20-15-19(9-12-23(20)35-17)26(31)24-25(18-7-10-21(11-8-18)29(2,3)4)30(28(33)27(24)32)16-22-6-5-13-34-22/h7-12,15,17,22,25,31H,5-6,13-14,16H2,1-4H3/t17-,22-,25+/m0/s1. The number of amides is 1. The van der Waals surface area contributed by atoms with Crippen LogP contribution in [0.15, 0.2) is 48.0 Å². The van der Waals surface area contributed by atoms with E-state index in [2.05, 4.69) is 20.8 Å². The van der Waals surface area contributed by atoms with Crippen molar-refractivity contribution in [3.63, 3.8) is 0 Å². The SMILES string of the molecule is C[C@H]1Cc2cc(C(O)=C3C(=O)C(=O)N(C[C@@H]4CCCO4)[C@@H]3c3ccc(C(C)(C)C)cc3)ccc2O1. The fourth-order valence-electron chi connectivity index (χ4n) is 5.31. The average molecular weight is 476 g/mol. The summed E-state index contributed by atoms with van der Waals surface area (Å²) in [6.45, 7) is 9.41. The number of benzene rings is 2. The third-order valence-corrected chi connectivity index (χ3v) is 7.23. The van der Waals surface area contributed by atoms with E-state index in [-0.39, 0.29) is 29.0 Å². The molecule has 3 heterocycles. The van der Waals surface area contributed by atoms with E-state index >= 15 is 0 Å². The number of carbonyl (C=O) groups is 2. The van der Waals surface area contributed by atoms with Gasteiger partial charge in [-0.2, -0.15) is 0 Å². The topological polar surface area (TPSA) is 76.1 Å². The fourth-order valence-corrected chi connectivity index (χ4v) is 5.31. The molecule has 35 heavy (non-hydrogen) atoms. The highest BCUT2D eigenvalue weighted by Gasteiger charge is 2.47. The molecule has 5 rings (SSSR count). The number of nitrogens with zero attached hydrogens (tertiary/aromatic N) is 1. The van der Waals surface area contributed by atoms with Crippen LogP contribution in [0.4, 0.5) is 0 Å². The van der Waals surface area contributed by atoms with Gasteiger partial charge in [-0.25, -0.2) is 0 Å². The molecule has 3 atom stereocenters. The van der Waals surface area contributed by atoms with Crippen LogP contribution in [0.25, 0.3) is 5.76 Å². The van der Waals surface area contributed by atoms with Gasteiger partial charge in [-0.1, -0.05) is 45.0 Å². The van der Waals surface area contributed by atoms with Crippen LogP contribution >= 0.6 is 0 Å².